The lowest BCUT2D eigenvalue weighted by molar-refractivity contribution is -0.133. The molecule has 1 aliphatic rings. The number of carbonyl (C=O) groups is 1. The third-order valence-corrected chi connectivity index (χ3v) is 7.35. The van der Waals surface area contributed by atoms with E-state index in [0.717, 1.165) is 5.56 Å². The average Bonchev–Trinajstić information content (AvgIpc) is 3.06. The molecule has 0 atom stereocenters. The zero-order valence-electron chi connectivity index (χ0n) is 17.2. The van der Waals surface area contributed by atoms with Gasteiger partial charge in [0.2, 0.25) is 15.9 Å². The summed E-state index contributed by atoms with van der Waals surface area (Å²) < 4.78 is 32.3. The van der Waals surface area contributed by atoms with Gasteiger partial charge in [-0.1, -0.05) is 35.5 Å². The monoisotopic (exact) mass is 420 g/mol. The zero-order valence-corrected chi connectivity index (χ0v) is 18.0. The first-order valence-electron chi connectivity index (χ1n) is 9.80. The summed E-state index contributed by atoms with van der Waals surface area (Å²) in [5.74, 6) is 0.359. The van der Waals surface area contributed by atoms with Crippen LogP contribution < -0.4 is 0 Å². The lowest BCUT2D eigenvalue weighted by Crippen LogP contribution is -2.51. The number of aryl methyl sites for hydroxylation is 2. The molecule has 3 rings (SSSR count). The fourth-order valence-electron chi connectivity index (χ4n) is 3.57. The van der Waals surface area contributed by atoms with Crippen LogP contribution in [0.2, 0.25) is 0 Å². The minimum Gasteiger partial charge on any atom is -0.360 e. The Kier molecular flexibility index (Phi) is 6.71. The smallest absolute Gasteiger partial charge is 0.248 e. The molecule has 1 aliphatic heterocycles. The highest BCUT2D eigenvalue weighted by Gasteiger charge is 2.33. The third kappa shape index (κ3) is 4.85. The van der Waals surface area contributed by atoms with Gasteiger partial charge in [-0.15, -0.1) is 0 Å². The van der Waals surface area contributed by atoms with Crippen LogP contribution in [0.5, 0.6) is 0 Å². The second-order valence-electron chi connectivity index (χ2n) is 7.23. The molecule has 0 N–H and O–H groups in total. The number of benzene rings is 1. The number of amides is 1. The lowest BCUT2D eigenvalue weighted by Gasteiger charge is -2.34. The van der Waals surface area contributed by atoms with Crippen LogP contribution in [-0.4, -0.2) is 72.9 Å². The molecule has 9 heteroatoms. The van der Waals surface area contributed by atoms with E-state index in [1.165, 1.54) is 4.31 Å². The summed E-state index contributed by atoms with van der Waals surface area (Å²) in [5.41, 5.74) is 1.47. The number of carbonyl (C=O) groups excluding carboxylic acids is 1. The molecule has 0 aliphatic carbocycles. The number of hydrogen-bond acceptors (Lipinski definition) is 6. The minimum absolute atomic E-state index is 0.0541. The number of sulfonamides is 1. The molecule has 1 saturated heterocycles. The first-order chi connectivity index (χ1) is 13.8. The Hall–Kier alpha value is -2.23. The van der Waals surface area contributed by atoms with Crippen LogP contribution in [0.3, 0.4) is 0 Å². The summed E-state index contributed by atoms with van der Waals surface area (Å²) in [7, 11) is -3.64. The van der Waals surface area contributed by atoms with Crippen molar-refractivity contribution < 1.29 is 17.7 Å². The maximum absolute atomic E-state index is 12.9. The molecule has 0 radical (unpaired) electrons. The van der Waals surface area contributed by atoms with Crippen LogP contribution in [0, 0.1) is 13.8 Å². The predicted molar refractivity (Wildman–Crippen MR) is 109 cm³/mol. The Bertz CT molecular complexity index is 915. The number of likely N-dealkylation sites (N-methyl/N-ethyl adjacent to an activating group) is 1. The predicted octanol–water partition coefficient (Wildman–Crippen LogP) is 1.65. The van der Waals surface area contributed by atoms with Crippen LogP contribution >= 0.6 is 0 Å². The summed E-state index contributed by atoms with van der Waals surface area (Å²) in [6.45, 7) is 8.40. The van der Waals surface area contributed by atoms with Crippen molar-refractivity contribution in [3.8, 4) is 0 Å². The molecule has 1 fully saturated rings. The van der Waals surface area contributed by atoms with Crippen molar-refractivity contribution in [3.63, 3.8) is 0 Å². The highest BCUT2D eigenvalue weighted by atomic mass is 32.2. The highest BCUT2D eigenvalue weighted by molar-refractivity contribution is 7.89. The van der Waals surface area contributed by atoms with E-state index >= 15 is 0 Å². The molecule has 2 aromatic rings. The molecular weight excluding hydrogens is 392 g/mol. The van der Waals surface area contributed by atoms with Gasteiger partial charge in [-0.25, -0.2) is 8.42 Å². The zero-order chi connectivity index (χ0) is 21.0. The van der Waals surface area contributed by atoms with E-state index in [0.29, 0.717) is 57.3 Å². The Labute approximate surface area is 172 Å². The molecule has 1 aromatic heterocycles. The van der Waals surface area contributed by atoms with Crippen molar-refractivity contribution in [2.75, 3.05) is 39.3 Å². The fourth-order valence-corrected chi connectivity index (χ4v) is 5.28. The normalized spacial score (nSPS) is 16.1. The van der Waals surface area contributed by atoms with E-state index in [1.54, 1.807) is 13.8 Å². The van der Waals surface area contributed by atoms with Gasteiger partial charge in [0, 0.05) is 39.3 Å². The van der Waals surface area contributed by atoms with Crippen LogP contribution in [-0.2, 0) is 21.4 Å². The van der Waals surface area contributed by atoms with E-state index in [-0.39, 0.29) is 10.8 Å². The molecule has 29 heavy (non-hydrogen) atoms. The molecule has 0 bridgehead atoms. The second-order valence-corrected chi connectivity index (χ2v) is 9.10. The van der Waals surface area contributed by atoms with Gasteiger partial charge in [0.15, 0.2) is 5.76 Å². The van der Waals surface area contributed by atoms with Crippen molar-refractivity contribution in [1.29, 1.82) is 0 Å². The van der Waals surface area contributed by atoms with Gasteiger partial charge in [0.05, 0.1) is 6.54 Å². The van der Waals surface area contributed by atoms with Crippen molar-refractivity contribution in [3.05, 3.63) is 47.3 Å². The number of piperazine rings is 1. The highest BCUT2D eigenvalue weighted by Crippen LogP contribution is 2.24. The van der Waals surface area contributed by atoms with E-state index in [4.69, 9.17) is 4.52 Å². The molecule has 158 valence electrons. The number of rotatable bonds is 7. The minimum atomic E-state index is -3.64. The van der Waals surface area contributed by atoms with Gasteiger partial charge in [0.25, 0.3) is 0 Å². The van der Waals surface area contributed by atoms with E-state index in [2.05, 4.69) is 5.16 Å². The molecule has 1 aromatic carbocycles. The van der Waals surface area contributed by atoms with Gasteiger partial charge in [0.1, 0.15) is 10.6 Å². The van der Waals surface area contributed by atoms with E-state index in [9.17, 15) is 13.2 Å². The summed E-state index contributed by atoms with van der Waals surface area (Å²) in [4.78, 5) is 16.7. The summed E-state index contributed by atoms with van der Waals surface area (Å²) >= 11 is 0. The lowest BCUT2D eigenvalue weighted by atomic mass is 10.2. The van der Waals surface area contributed by atoms with Crippen LogP contribution in [0.1, 0.15) is 23.9 Å². The Morgan fingerprint density at radius 2 is 1.79 bits per heavy atom. The van der Waals surface area contributed by atoms with Crippen molar-refractivity contribution in [2.24, 2.45) is 0 Å². The SMILES string of the molecule is CCN(Cc1ccccc1)C(=O)CN1CCN(S(=O)(=O)c2c(C)noc2C)CC1. The molecule has 0 saturated carbocycles. The van der Waals surface area contributed by atoms with Crippen molar-refractivity contribution in [1.82, 2.24) is 19.3 Å². The maximum atomic E-state index is 12.9. The van der Waals surface area contributed by atoms with Gasteiger partial charge in [-0.2, -0.15) is 4.31 Å². The summed E-state index contributed by atoms with van der Waals surface area (Å²) in [5, 5.41) is 3.75. The van der Waals surface area contributed by atoms with Crippen LogP contribution in [0.15, 0.2) is 39.8 Å². The number of nitrogens with zero attached hydrogens (tertiary/aromatic N) is 4. The summed E-state index contributed by atoms with van der Waals surface area (Å²) in [6.07, 6.45) is 0. The van der Waals surface area contributed by atoms with Crippen molar-refractivity contribution >= 4 is 15.9 Å². The topological polar surface area (TPSA) is 87.0 Å². The quantitative estimate of drug-likeness (QED) is 0.677. The van der Waals surface area contributed by atoms with Gasteiger partial charge in [-0.05, 0) is 26.3 Å². The first-order valence-corrected chi connectivity index (χ1v) is 11.2. The molecule has 0 spiro atoms. The average molecular weight is 421 g/mol. The van der Waals surface area contributed by atoms with Crippen LogP contribution in [0.4, 0.5) is 0 Å². The number of hydrogen-bond donors (Lipinski definition) is 0. The number of aromatic nitrogens is 1. The second kappa shape index (κ2) is 9.06. The van der Waals surface area contributed by atoms with Gasteiger partial charge in [-0.3, -0.25) is 9.69 Å². The molecular formula is C20H28N4O4S. The van der Waals surface area contributed by atoms with E-state index < -0.39 is 10.0 Å². The molecule has 8 nitrogen and oxygen atoms in total. The third-order valence-electron chi connectivity index (χ3n) is 5.21. The van der Waals surface area contributed by atoms with Crippen molar-refractivity contribution in [2.45, 2.75) is 32.2 Å². The summed E-state index contributed by atoms with van der Waals surface area (Å²) in [6, 6.07) is 9.90. The maximum Gasteiger partial charge on any atom is 0.248 e. The Balaban J connectivity index is 1.57. The fraction of sp³-hybridized carbons (Fsp3) is 0.500. The molecule has 2 heterocycles. The first kappa shape index (κ1) is 21.5. The largest absolute Gasteiger partial charge is 0.360 e. The molecule has 0 unspecified atom stereocenters. The van der Waals surface area contributed by atoms with Gasteiger partial charge >= 0.3 is 0 Å². The standard InChI is InChI=1S/C20H28N4O4S/c1-4-23(14-18-8-6-5-7-9-18)19(25)15-22-10-12-24(13-11-22)29(26,27)20-16(2)21-28-17(20)3/h5-9H,4,10-15H2,1-3H3. The van der Waals surface area contributed by atoms with Gasteiger partial charge < -0.3 is 9.42 Å². The van der Waals surface area contributed by atoms with E-state index in [1.807, 2.05) is 47.1 Å². The Morgan fingerprint density at radius 1 is 1.14 bits per heavy atom. The van der Waals surface area contributed by atoms with Crippen LogP contribution in [0.25, 0.3) is 0 Å². The Morgan fingerprint density at radius 3 is 2.34 bits per heavy atom. The molecule has 1 amide bonds.